The van der Waals surface area contributed by atoms with Crippen LogP contribution in [0.3, 0.4) is 0 Å². The third-order valence-corrected chi connectivity index (χ3v) is 2.76. The van der Waals surface area contributed by atoms with Gasteiger partial charge in [-0.2, -0.15) is 0 Å². The summed E-state index contributed by atoms with van der Waals surface area (Å²) in [4.78, 5) is 4.31. The van der Waals surface area contributed by atoms with E-state index >= 15 is 0 Å². The fourth-order valence-electron chi connectivity index (χ4n) is 1.98. The molecule has 0 atom stereocenters. The van der Waals surface area contributed by atoms with Crippen molar-refractivity contribution in [1.29, 1.82) is 0 Å². The van der Waals surface area contributed by atoms with Gasteiger partial charge in [0.25, 0.3) is 0 Å². The highest BCUT2D eigenvalue weighted by Gasteiger charge is 2.01. The zero-order valence-electron chi connectivity index (χ0n) is 10.7. The number of anilines is 1. The molecule has 3 heteroatoms. The molecule has 0 spiro atoms. The van der Waals surface area contributed by atoms with Crippen molar-refractivity contribution in [1.82, 2.24) is 4.98 Å². The van der Waals surface area contributed by atoms with Crippen LogP contribution in [0.2, 0.25) is 0 Å². The van der Waals surface area contributed by atoms with Crippen LogP contribution in [-0.4, -0.2) is 11.5 Å². The molecule has 18 heavy (non-hydrogen) atoms. The average molecular weight is 244 g/mol. The summed E-state index contributed by atoms with van der Waals surface area (Å²) in [7, 11) is 0. The highest BCUT2D eigenvalue weighted by Crippen LogP contribution is 2.12. The Hall–Kier alpha value is -1.90. The van der Waals surface area contributed by atoms with E-state index in [9.17, 15) is 4.39 Å². The molecule has 0 unspecified atom stereocenters. The highest BCUT2D eigenvalue weighted by molar-refractivity contribution is 5.45. The van der Waals surface area contributed by atoms with Gasteiger partial charge in [-0.15, -0.1) is 0 Å². The van der Waals surface area contributed by atoms with Gasteiger partial charge in [-0.3, -0.25) is 4.98 Å². The topological polar surface area (TPSA) is 24.9 Å². The molecule has 0 bridgehead atoms. The van der Waals surface area contributed by atoms with Gasteiger partial charge in [-0.05, 0) is 44.0 Å². The van der Waals surface area contributed by atoms with Gasteiger partial charge in [0.15, 0.2) is 0 Å². The molecule has 0 amide bonds. The van der Waals surface area contributed by atoms with Crippen LogP contribution in [0.15, 0.2) is 36.4 Å². The van der Waals surface area contributed by atoms with Gasteiger partial charge in [0, 0.05) is 23.6 Å². The molecule has 1 heterocycles. The molecule has 0 aliphatic rings. The molecule has 2 nitrogen and oxygen atoms in total. The molecule has 1 N–H and O–H groups in total. The van der Waals surface area contributed by atoms with Crippen molar-refractivity contribution in [2.24, 2.45) is 0 Å². The molecule has 1 aromatic heterocycles. The number of benzene rings is 1. The summed E-state index contributed by atoms with van der Waals surface area (Å²) >= 11 is 0. The normalized spacial score (nSPS) is 10.4. The Kier molecular flexibility index (Phi) is 3.92. The number of hydrogen-bond donors (Lipinski definition) is 1. The van der Waals surface area contributed by atoms with E-state index in [2.05, 4.69) is 10.3 Å². The second kappa shape index (κ2) is 5.63. The Morgan fingerprint density at radius 3 is 2.44 bits per heavy atom. The van der Waals surface area contributed by atoms with Gasteiger partial charge in [-0.25, -0.2) is 4.39 Å². The molecular formula is C15H17FN2. The predicted molar refractivity (Wildman–Crippen MR) is 72.3 cm³/mol. The smallest absolute Gasteiger partial charge is 0.126 e. The number of nitrogens with one attached hydrogen (secondary N) is 1. The molecule has 0 aliphatic heterocycles. The lowest BCUT2D eigenvalue weighted by molar-refractivity contribution is 0.610. The van der Waals surface area contributed by atoms with E-state index < -0.39 is 0 Å². The minimum absolute atomic E-state index is 0.138. The monoisotopic (exact) mass is 244 g/mol. The van der Waals surface area contributed by atoms with Crippen molar-refractivity contribution in [3.63, 3.8) is 0 Å². The number of hydrogen-bond acceptors (Lipinski definition) is 2. The van der Waals surface area contributed by atoms with Crippen molar-refractivity contribution in [3.8, 4) is 0 Å². The highest BCUT2D eigenvalue weighted by atomic mass is 19.1. The van der Waals surface area contributed by atoms with E-state index in [-0.39, 0.29) is 5.82 Å². The summed E-state index contributed by atoms with van der Waals surface area (Å²) in [6.07, 6.45) is 0.674. The molecule has 0 saturated carbocycles. The fourth-order valence-corrected chi connectivity index (χ4v) is 1.98. The largest absolute Gasteiger partial charge is 0.385 e. The van der Waals surface area contributed by atoms with Crippen LogP contribution in [0.4, 0.5) is 10.1 Å². The average Bonchev–Trinajstić information content (AvgIpc) is 2.30. The maximum Gasteiger partial charge on any atom is 0.126 e. The molecule has 0 saturated heterocycles. The van der Waals surface area contributed by atoms with Crippen molar-refractivity contribution < 1.29 is 4.39 Å². The first-order valence-corrected chi connectivity index (χ1v) is 6.08. The number of aryl methyl sites for hydroxylation is 2. The lowest BCUT2D eigenvalue weighted by Crippen LogP contribution is -2.06. The summed E-state index contributed by atoms with van der Waals surface area (Å²) in [6, 6.07) is 10.9. The van der Waals surface area contributed by atoms with Crippen LogP contribution >= 0.6 is 0 Å². The van der Waals surface area contributed by atoms with E-state index in [1.165, 1.54) is 6.07 Å². The summed E-state index contributed by atoms with van der Waals surface area (Å²) < 4.78 is 13.4. The Morgan fingerprint density at radius 2 is 1.78 bits per heavy atom. The molecular weight excluding hydrogens is 227 g/mol. The van der Waals surface area contributed by atoms with Crippen molar-refractivity contribution >= 4 is 5.69 Å². The molecule has 1 aromatic carbocycles. The number of nitrogens with zero attached hydrogens (tertiary/aromatic N) is 1. The summed E-state index contributed by atoms with van der Waals surface area (Å²) in [5.74, 6) is -0.138. The van der Waals surface area contributed by atoms with Gasteiger partial charge in [0.05, 0.1) is 0 Å². The first-order valence-electron chi connectivity index (χ1n) is 6.08. The lowest BCUT2D eigenvalue weighted by atomic mass is 10.1. The van der Waals surface area contributed by atoms with Crippen molar-refractivity contribution in [3.05, 3.63) is 59.2 Å². The van der Waals surface area contributed by atoms with Gasteiger partial charge in [-0.1, -0.05) is 18.2 Å². The second-order valence-electron chi connectivity index (χ2n) is 4.41. The molecule has 0 radical (unpaired) electrons. The summed E-state index contributed by atoms with van der Waals surface area (Å²) in [6.45, 7) is 4.65. The number of aromatic nitrogens is 1. The predicted octanol–water partition coefficient (Wildman–Crippen LogP) is 3.49. The molecule has 94 valence electrons. The third kappa shape index (κ3) is 3.29. The molecule has 0 fully saturated rings. The van der Waals surface area contributed by atoms with Gasteiger partial charge >= 0.3 is 0 Å². The second-order valence-corrected chi connectivity index (χ2v) is 4.41. The van der Waals surface area contributed by atoms with E-state index in [0.29, 0.717) is 13.0 Å². The van der Waals surface area contributed by atoms with E-state index in [0.717, 1.165) is 22.6 Å². The lowest BCUT2D eigenvalue weighted by Gasteiger charge is -2.08. The van der Waals surface area contributed by atoms with Crippen molar-refractivity contribution in [2.75, 3.05) is 11.9 Å². The standard InChI is InChI=1S/C15H17FN2/c1-11-9-14(10-12(2)18-11)17-8-7-13-5-3-4-6-15(13)16/h3-6,9-10H,7-8H2,1-2H3,(H,17,18). The van der Waals surface area contributed by atoms with E-state index in [1.54, 1.807) is 6.07 Å². The summed E-state index contributed by atoms with van der Waals surface area (Å²) in [5, 5.41) is 3.30. The first-order chi connectivity index (χ1) is 8.65. The zero-order valence-corrected chi connectivity index (χ0v) is 10.7. The number of pyridine rings is 1. The van der Waals surface area contributed by atoms with Crippen molar-refractivity contribution in [2.45, 2.75) is 20.3 Å². The third-order valence-electron chi connectivity index (χ3n) is 2.76. The van der Waals surface area contributed by atoms with Gasteiger partial charge in [0.1, 0.15) is 5.82 Å². The van der Waals surface area contributed by atoms with Crippen LogP contribution in [0.5, 0.6) is 0 Å². The Balaban J connectivity index is 1.94. The van der Waals surface area contributed by atoms with Crippen LogP contribution < -0.4 is 5.32 Å². The zero-order chi connectivity index (χ0) is 13.0. The van der Waals surface area contributed by atoms with Gasteiger partial charge < -0.3 is 5.32 Å². The Morgan fingerprint density at radius 1 is 1.11 bits per heavy atom. The molecule has 2 aromatic rings. The Bertz CT molecular complexity index is 518. The number of rotatable bonds is 4. The SMILES string of the molecule is Cc1cc(NCCc2ccccc2F)cc(C)n1. The van der Waals surface area contributed by atoms with E-state index in [4.69, 9.17) is 0 Å². The fraction of sp³-hybridized carbons (Fsp3) is 0.267. The Labute approximate surface area is 107 Å². The van der Waals surface area contributed by atoms with Gasteiger partial charge in [0.2, 0.25) is 0 Å². The minimum Gasteiger partial charge on any atom is -0.385 e. The summed E-state index contributed by atoms with van der Waals surface area (Å²) in [5.41, 5.74) is 3.76. The number of halogens is 1. The molecule has 2 rings (SSSR count). The maximum absolute atomic E-state index is 13.4. The van der Waals surface area contributed by atoms with Crippen LogP contribution in [0, 0.1) is 19.7 Å². The van der Waals surface area contributed by atoms with Crippen LogP contribution in [0.1, 0.15) is 17.0 Å². The van der Waals surface area contributed by atoms with E-state index in [1.807, 2.05) is 38.1 Å². The first kappa shape index (κ1) is 12.6. The quantitative estimate of drug-likeness (QED) is 0.890. The maximum atomic E-state index is 13.4. The molecule has 0 aliphatic carbocycles. The minimum atomic E-state index is -0.138. The van der Waals surface area contributed by atoms with Crippen LogP contribution in [-0.2, 0) is 6.42 Å². The van der Waals surface area contributed by atoms with Crippen LogP contribution in [0.25, 0.3) is 0 Å².